The third kappa shape index (κ3) is 8.47. The molecule has 0 saturated carbocycles. The Morgan fingerprint density at radius 1 is 1.41 bits per heavy atom. The van der Waals surface area contributed by atoms with E-state index in [-0.39, 0.29) is 0 Å². The first kappa shape index (κ1) is 15.7. The van der Waals surface area contributed by atoms with Gasteiger partial charge in [0.25, 0.3) is 0 Å². The second-order valence-corrected chi connectivity index (χ2v) is 3.57. The third-order valence-corrected chi connectivity index (χ3v) is 2.11. The molecular weight excluding hydrogens is 226 g/mol. The van der Waals surface area contributed by atoms with Crippen molar-refractivity contribution in [1.29, 1.82) is 0 Å². The Hall–Kier alpha value is -1.34. The maximum atomic E-state index is 11.3. The first-order chi connectivity index (χ1) is 8.11. The smallest absolute Gasteiger partial charge is 0.326 e. The number of carbonyl (C=O) groups is 2. The van der Waals surface area contributed by atoms with Crippen molar-refractivity contribution in [2.24, 2.45) is 5.73 Å². The molecule has 0 aromatic carbocycles. The lowest BCUT2D eigenvalue weighted by molar-refractivity contribution is -0.139. The summed E-state index contributed by atoms with van der Waals surface area (Å²) < 4.78 is 4.82. The number of amides is 2. The van der Waals surface area contributed by atoms with Crippen molar-refractivity contribution in [3.63, 3.8) is 0 Å². The minimum absolute atomic E-state index is 0.341. The van der Waals surface area contributed by atoms with Gasteiger partial charge in [0.15, 0.2) is 0 Å². The van der Waals surface area contributed by atoms with Crippen molar-refractivity contribution in [2.75, 3.05) is 26.8 Å². The highest BCUT2D eigenvalue weighted by Crippen LogP contribution is 1.98. The number of ether oxygens (including phenoxy) is 1. The molecule has 7 heteroatoms. The van der Waals surface area contributed by atoms with Crippen LogP contribution in [0.2, 0.25) is 0 Å². The van der Waals surface area contributed by atoms with Crippen molar-refractivity contribution in [3.05, 3.63) is 0 Å². The van der Waals surface area contributed by atoms with E-state index in [9.17, 15) is 9.59 Å². The second-order valence-electron chi connectivity index (χ2n) is 3.57. The standard InChI is InChI=1S/C10H21N3O4/c1-17-7-2-4-8(9(14)15)13-10(16)12-6-3-5-11/h8H,2-7,11H2,1H3,(H,14,15)(H2,12,13,16). The van der Waals surface area contributed by atoms with Crippen LogP contribution in [-0.2, 0) is 9.53 Å². The van der Waals surface area contributed by atoms with Crippen LogP contribution in [0, 0.1) is 0 Å². The van der Waals surface area contributed by atoms with Gasteiger partial charge in [0.2, 0.25) is 0 Å². The fourth-order valence-electron chi connectivity index (χ4n) is 1.20. The summed E-state index contributed by atoms with van der Waals surface area (Å²) in [5.74, 6) is -1.05. The van der Waals surface area contributed by atoms with Crippen molar-refractivity contribution < 1.29 is 19.4 Å². The van der Waals surface area contributed by atoms with E-state index in [1.807, 2.05) is 0 Å². The minimum atomic E-state index is -1.05. The van der Waals surface area contributed by atoms with E-state index in [4.69, 9.17) is 15.6 Å². The Balaban J connectivity index is 3.89. The Kier molecular flexibility index (Phi) is 9.08. The molecule has 1 atom stereocenters. The highest BCUT2D eigenvalue weighted by Gasteiger charge is 2.18. The largest absolute Gasteiger partial charge is 0.480 e. The van der Waals surface area contributed by atoms with Gasteiger partial charge in [0.05, 0.1) is 0 Å². The van der Waals surface area contributed by atoms with Crippen LogP contribution < -0.4 is 16.4 Å². The fourth-order valence-corrected chi connectivity index (χ4v) is 1.20. The van der Waals surface area contributed by atoms with Crippen LogP contribution in [0.1, 0.15) is 19.3 Å². The number of rotatable bonds is 9. The number of hydrogen-bond donors (Lipinski definition) is 4. The first-order valence-corrected chi connectivity index (χ1v) is 5.58. The molecular formula is C10H21N3O4. The van der Waals surface area contributed by atoms with Gasteiger partial charge < -0.3 is 26.2 Å². The van der Waals surface area contributed by atoms with Crippen LogP contribution in [0.3, 0.4) is 0 Å². The molecule has 100 valence electrons. The molecule has 0 saturated heterocycles. The molecule has 1 unspecified atom stereocenters. The average Bonchev–Trinajstić information content (AvgIpc) is 2.28. The molecule has 2 amide bonds. The minimum Gasteiger partial charge on any atom is -0.480 e. The van der Waals surface area contributed by atoms with Gasteiger partial charge in [0, 0.05) is 20.3 Å². The molecule has 0 aliphatic rings. The molecule has 0 heterocycles. The molecule has 0 fully saturated rings. The zero-order valence-electron chi connectivity index (χ0n) is 10.1. The number of carboxylic acid groups (broad SMARTS) is 1. The summed E-state index contributed by atoms with van der Waals surface area (Å²) in [6, 6.07) is -1.37. The van der Waals surface area contributed by atoms with E-state index in [1.165, 1.54) is 0 Å². The van der Waals surface area contributed by atoms with Gasteiger partial charge in [-0.05, 0) is 25.8 Å². The van der Waals surface area contributed by atoms with Crippen molar-refractivity contribution >= 4 is 12.0 Å². The highest BCUT2D eigenvalue weighted by atomic mass is 16.5. The zero-order valence-corrected chi connectivity index (χ0v) is 10.1. The summed E-state index contributed by atoms with van der Waals surface area (Å²) in [4.78, 5) is 22.2. The van der Waals surface area contributed by atoms with Crippen LogP contribution in [-0.4, -0.2) is 50.0 Å². The van der Waals surface area contributed by atoms with Gasteiger partial charge in [-0.2, -0.15) is 0 Å². The number of carboxylic acids is 1. The van der Waals surface area contributed by atoms with Crippen LogP contribution >= 0.6 is 0 Å². The van der Waals surface area contributed by atoms with E-state index in [0.717, 1.165) is 0 Å². The lowest BCUT2D eigenvalue weighted by atomic mass is 10.1. The summed E-state index contributed by atoms with van der Waals surface area (Å²) >= 11 is 0. The van der Waals surface area contributed by atoms with Gasteiger partial charge in [0.1, 0.15) is 6.04 Å². The van der Waals surface area contributed by atoms with E-state index >= 15 is 0 Å². The molecule has 0 rings (SSSR count). The molecule has 0 aromatic rings. The fraction of sp³-hybridized carbons (Fsp3) is 0.800. The quantitative estimate of drug-likeness (QED) is 0.411. The van der Waals surface area contributed by atoms with E-state index in [1.54, 1.807) is 7.11 Å². The lowest BCUT2D eigenvalue weighted by Crippen LogP contribution is -2.46. The normalized spacial score (nSPS) is 11.9. The molecule has 0 aromatic heterocycles. The third-order valence-electron chi connectivity index (χ3n) is 2.11. The van der Waals surface area contributed by atoms with Crippen LogP contribution in [0.5, 0.6) is 0 Å². The monoisotopic (exact) mass is 247 g/mol. The van der Waals surface area contributed by atoms with Crippen LogP contribution in [0.4, 0.5) is 4.79 Å². The number of carbonyl (C=O) groups excluding carboxylic acids is 1. The number of nitrogens with one attached hydrogen (secondary N) is 2. The van der Waals surface area contributed by atoms with Gasteiger partial charge in [-0.1, -0.05) is 0 Å². The van der Waals surface area contributed by atoms with Gasteiger partial charge in [-0.3, -0.25) is 0 Å². The zero-order chi connectivity index (χ0) is 13.1. The lowest BCUT2D eigenvalue weighted by Gasteiger charge is -2.14. The highest BCUT2D eigenvalue weighted by molar-refractivity contribution is 5.82. The molecule has 0 bridgehead atoms. The first-order valence-electron chi connectivity index (χ1n) is 5.58. The maximum Gasteiger partial charge on any atom is 0.326 e. The molecule has 5 N–H and O–H groups in total. The van der Waals surface area contributed by atoms with Crippen LogP contribution in [0.25, 0.3) is 0 Å². The molecule has 0 aliphatic heterocycles. The molecule has 7 nitrogen and oxygen atoms in total. The SMILES string of the molecule is COCCCC(NC(=O)NCCCN)C(=O)O. The Bertz CT molecular complexity index is 236. The number of hydrogen-bond acceptors (Lipinski definition) is 4. The second kappa shape index (κ2) is 9.86. The number of aliphatic carboxylic acids is 1. The van der Waals surface area contributed by atoms with E-state index in [2.05, 4.69) is 10.6 Å². The Morgan fingerprint density at radius 2 is 2.12 bits per heavy atom. The van der Waals surface area contributed by atoms with E-state index in [0.29, 0.717) is 39.0 Å². The van der Waals surface area contributed by atoms with Crippen molar-refractivity contribution in [3.8, 4) is 0 Å². The molecule has 17 heavy (non-hydrogen) atoms. The molecule has 0 aliphatic carbocycles. The van der Waals surface area contributed by atoms with E-state index < -0.39 is 18.0 Å². The Morgan fingerprint density at radius 3 is 2.65 bits per heavy atom. The summed E-state index contributed by atoms with van der Waals surface area (Å²) in [5.41, 5.74) is 5.27. The van der Waals surface area contributed by atoms with Crippen molar-refractivity contribution in [2.45, 2.75) is 25.3 Å². The van der Waals surface area contributed by atoms with Gasteiger partial charge in [-0.15, -0.1) is 0 Å². The van der Waals surface area contributed by atoms with Crippen molar-refractivity contribution in [1.82, 2.24) is 10.6 Å². The maximum absolute atomic E-state index is 11.3. The molecule has 0 spiro atoms. The van der Waals surface area contributed by atoms with Gasteiger partial charge >= 0.3 is 12.0 Å². The number of methoxy groups -OCH3 is 1. The summed E-state index contributed by atoms with van der Waals surface area (Å²) in [6.07, 6.45) is 1.58. The average molecular weight is 247 g/mol. The van der Waals surface area contributed by atoms with Gasteiger partial charge in [-0.25, -0.2) is 9.59 Å². The Labute approximate surface area is 101 Å². The number of urea groups is 1. The summed E-state index contributed by atoms with van der Waals surface area (Å²) in [7, 11) is 1.54. The summed E-state index contributed by atoms with van der Waals surface area (Å²) in [5, 5.41) is 13.8. The molecule has 0 radical (unpaired) electrons. The predicted molar refractivity (Wildman–Crippen MR) is 62.7 cm³/mol. The van der Waals surface area contributed by atoms with Crippen LogP contribution in [0.15, 0.2) is 0 Å². The topological polar surface area (TPSA) is 114 Å². The number of nitrogens with two attached hydrogens (primary N) is 1. The predicted octanol–water partition coefficient (Wildman–Crippen LogP) is -0.486. The summed E-state index contributed by atoms with van der Waals surface area (Å²) in [6.45, 7) is 1.39.